The molecule has 3 nitrogen and oxygen atoms in total. The molecule has 0 amide bonds. The number of halogens is 1. The lowest BCUT2D eigenvalue weighted by atomic mass is 10.2. The maximum absolute atomic E-state index is 8.42. The van der Waals surface area contributed by atoms with Gasteiger partial charge in [-0.2, -0.15) is 0 Å². The molecule has 0 aliphatic heterocycles. The molecule has 0 aliphatic carbocycles. The van der Waals surface area contributed by atoms with E-state index in [1.807, 2.05) is 0 Å². The number of rotatable bonds is 5. The Morgan fingerprint density at radius 3 is 2.00 bits per heavy atom. The second-order valence-corrected chi connectivity index (χ2v) is 3.07. The zero-order valence-electron chi connectivity index (χ0n) is 5.76. The van der Waals surface area contributed by atoms with Crippen LogP contribution >= 0.6 is 15.9 Å². The first-order valence-corrected chi connectivity index (χ1v) is 4.41. The van der Waals surface area contributed by atoms with Gasteiger partial charge >= 0.3 is 0 Å². The average molecular weight is 213 g/mol. The van der Waals surface area contributed by atoms with Crippen molar-refractivity contribution in [3.05, 3.63) is 0 Å². The Morgan fingerprint density at radius 1 is 1.00 bits per heavy atom. The molecule has 10 heavy (non-hydrogen) atoms. The second-order valence-electron chi connectivity index (χ2n) is 2.27. The summed E-state index contributed by atoms with van der Waals surface area (Å²) in [4.78, 5) is 0. The molecule has 0 unspecified atom stereocenters. The Bertz CT molecular complexity index is 79.6. The predicted octanol–water partition coefficient (Wildman–Crippen LogP) is 0.572. The van der Waals surface area contributed by atoms with Crippen molar-refractivity contribution in [1.82, 2.24) is 0 Å². The molecule has 0 aromatic heterocycles. The molecule has 0 spiro atoms. The minimum absolute atomic E-state index is 0.0278. The van der Waals surface area contributed by atoms with Crippen LogP contribution in [0.3, 0.4) is 0 Å². The van der Waals surface area contributed by atoms with Crippen molar-refractivity contribution in [3.63, 3.8) is 0 Å². The molecule has 0 atom stereocenters. The van der Waals surface area contributed by atoms with Gasteiger partial charge in [0, 0.05) is 11.8 Å². The molecule has 62 valence electrons. The van der Waals surface area contributed by atoms with Crippen molar-refractivity contribution in [3.8, 4) is 0 Å². The molecular formula is C6H13BrO3. The molecule has 0 saturated heterocycles. The first-order chi connectivity index (χ1) is 4.56. The van der Waals surface area contributed by atoms with Gasteiger partial charge in [-0.25, -0.2) is 0 Å². The van der Waals surface area contributed by atoms with Gasteiger partial charge in [-0.05, 0) is 12.8 Å². The van der Waals surface area contributed by atoms with Crippen molar-refractivity contribution < 1.29 is 15.3 Å². The van der Waals surface area contributed by atoms with E-state index in [0.29, 0.717) is 6.42 Å². The van der Waals surface area contributed by atoms with Crippen LogP contribution in [0.25, 0.3) is 0 Å². The standard InChI is InChI=1S/C6H13BrO3/c7-5-3-1-2-4-6(8,9)10/h8-10H,1-5H2. The molecule has 0 rings (SSSR count). The maximum Gasteiger partial charge on any atom is 0.275 e. The fraction of sp³-hybridized carbons (Fsp3) is 1.00. The van der Waals surface area contributed by atoms with E-state index >= 15 is 0 Å². The van der Waals surface area contributed by atoms with Crippen molar-refractivity contribution >= 4 is 15.9 Å². The Labute approximate surface area is 68.8 Å². The van der Waals surface area contributed by atoms with E-state index in [0.717, 1.165) is 18.2 Å². The zero-order chi connectivity index (χ0) is 8.04. The van der Waals surface area contributed by atoms with E-state index in [1.165, 1.54) is 0 Å². The van der Waals surface area contributed by atoms with Crippen LogP contribution in [0.1, 0.15) is 25.7 Å². The van der Waals surface area contributed by atoms with Crippen molar-refractivity contribution in [1.29, 1.82) is 0 Å². The maximum atomic E-state index is 8.42. The summed E-state index contributed by atoms with van der Waals surface area (Å²) in [5, 5.41) is 26.2. The molecular weight excluding hydrogens is 200 g/mol. The van der Waals surface area contributed by atoms with Crippen molar-refractivity contribution in [2.24, 2.45) is 0 Å². The smallest absolute Gasteiger partial charge is 0.275 e. The molecule has 0 fully saturated rings. The fourth-order valence-corrected chi connectivity index (χ4v) is 1.03. The lowest BCUT2D eigenvalue weighted by molar-refractivity contribution is -0.314. The van der Waals surface area contributed by atoms with Crippen LogP contribution in [0, 0.1) is 0 Å². The minimum atomic E-state index is -2.47. The predicted molar refractivity (Wildman–Crippen MR) is 41.6 cm³/mol. The summed E-state index contributed by atoms with van der Waals surface area (Å²) in [7, 11) is 0. The van der Waals surface area contributed by atoms with E-state index in [2.05, 4.69) is 15.9 Å². The zero-order valence-corrected chi connectivity index (χ0v) is 7.34. The van der Waals surface area contributed by atoms with Crippen LogP contribution in [0.5, 0.6) is 0 Å². The Kier molecular flexibility index (Phi) is 5.25. The van der Waals surface area contributed by atoms with Gasteiger partial charge in [0.25, 0.3) is 5.97 Å². The van der Waals surface area contributed by atoms with Gasteiger partial charge in [0.05, 0.1) is 0 Å². The molecule has 0 saturated carbocycles. The lowest BCUT2D eigenvalue weighted by Crippen LogP contribution is -2.26. The summed E-state index contributed by atoms with van der Waals surface area (Å²) < 4.78 is 0. The van der Waals surface area contributed by atoms with Gasteiger partial charge in [0.1, 0.15) is 0 Å². The molecule has 0 aromatic carbocycles. The number of aliphatic hydroxyl groups is 3. The monoisotopic (exact) mass is 212 g/mol. The van der Waals surface area contributed by atoms with Crippen molar-refractivity contribution in [2.45, 2.75) is 31.7 Å². The van der Waals surface area contributed by atoms with Crippen molar-refractivity contribution in [2.75, 3.05) is 5.33 Å². The van der Waals surface area contributed by atoms with Crippen LogP contribution in [0.2, 0.25) is 0 Å². The Balaban J connectivity index is 3.04. The summed E-state index contributed by atoms with van der Waals surface area (Å²) in [6.07, 6.45) is 2.56. The largest absolute Gasteiger partial charge is 0.344 e. The van der Waals surface area contributed by atoms with Crippen LogP contribution < -0.4 is 0 Å². The highest BCUT2D eigenvalue weighted by atomic mass is 79.9. The minimum Gasteiger partial charge on any atom is -0.344 e. The quantitative estimate of drug-likeness (QED) is 0.355. The summed E-state index contributed by atoms with van der Waals surface area (Å²) >= 11 is 3.24. The normalized spacial score (nSPS) is 12.0. The van der Waals surface area contributed by atoms with Crippen LogP contribution in [-0.2, 0) is 0 Å². The summed E-state index contributed by atoms with van der Waals surface area (Å²) in [6, 6.07) is 0. The first kappa shape index (κ1) is 10.4. The third-order valence-corrected chi connectivity index (χ3v) is 1.71. The fourth-order valence-electron chi connectivity index (χ4n) is 0.633. The molecule has 0 aromatic rings. The first-order valence-electron chi connectivity index (χ1n) is 3.29. The molecule has 3 N–H and O–H groups in total. The second kappa shape index (κ2) is 5.07. The SMILES string of the molecule is OC(O)(O)CCCCCBr. The third kappa shape index (κ3) is 8.36. The van der Waals surface area contributed by atoms with Crippen LogP contribution in [0.15, 0.2) is 0 Å². The number of hydrogen-bond donors (Lipinski definition) is 3. The van der Waals surface area contributed by atoms with Gasteiger partial charge in [0.2, 0.25) is 0 Å². The molecule has 0 radical (unpaired) electrons. The number of hydrogen-bond acceptors (Lipinski definition) is 3. The number of unbranched alkanes of at least 4 members (excludes halogenated alkanes) is 2. The van der Waals surface area contributed by atoms with E-state index in [-0.39, 0.29) is 6.42 Å². The highest BCUT2D eigenvalue weighted by molar-refractivity contribution is 9.09. The van der Waals surface area contributed by atoms with E-state index < -0.39 is 5.97 Å². The van der Waals surface area contributed by atoms with Gasteiger partial charge in [-0.3, -0.25) is 0 Å². The van der Waals surface area contributed by atoms with Gasteiger partial charge < -0.3 is 15.3 Å². The molecule has 0 heterocycles. The average Bonchev–Trinajstić information content (AvgIpc) is 1.78. The Morgan fingerprint density at radius 2 is 1.60 bits per heavy atom. The van der Waals surface area contributed by atoms with Gasteiger partial charge in [0.15, 0.2) is 0 Å². The third-order valence-electron chi connectivity index (χ3n) is 1.15. The highest BCUT2D eigenvalue weighted by Gasteiger charge is 2.16. The Hall–Kier alpha value is 0.360. The summed E-state index contributed by atoms with van der Waals surface area (Å²) in [5.41, 5.74) is 0. The topological polar surface area (TPSA) is 60.7 Å². The van der Waals surface area contributed by atoms with E-state index in [9.17, 15) is 0 Å². The molecule has 4 heteroatoms. The molecule has 0 aliphatic rings. The van der Waals surface area contributed by atoms with Crippen LogP contribution in [-0.4, -0.2) is 26.6 Å². The number of alkyl halides is 1. The highest BCUT2D eigenvalue weighted by Crippen LogP contribution is 2.08. The van der Waals surface area contributed by atoms with Gasteiger partial charge in [-0.15, -0.1) is 0 Å². The van der Waals surface area contributed by atoms with Gasteiger partial charge in [-0.1, -0.05) is 22.4 Å². The lowest BCUT2D eigenvalue weighted by Gasteiger charge is -2.12. The van der Waals surface area contributed by atoms with Crippen LogP contribution in [0.4, 0.5) is 0 Å². The molecule has 0 bridgehead atoms. The van der Waals surface area contributed by atoms with E-state index in [4.69, 9.17) is 15.3 Å². The summed E-state index contributed by atoms with van der Waals surface area (Å²) in [5.74, 6) is -2.47. The summed E-state index contributed by atoms with van der Waals surface area (Å²) in [6.45, 7) is 0. The van der Waals surface area contributed by atoms with E-state index in [1.54, 1.807) is 0 Å².